The van der Waals surface area contributed by atoms with Crippen LogP contribution in [0.2, 0.25) is 0 Å². The molecule has 0 fully saturated rings. The topological polar surface area (TPSA) is 157 Å². The van der Waals surface area contributed by atoms with E-state index in [1.165, 1.54) is 12.1 Å². The number of phenolic OH excluding ortho intramolecular Hbond substituents is 2. The largest absolute Gasteiger partial charge is 0.507 e. The van der Waals surface area contributed by atoms with Gasteiger partial charge in [-0.05, 0) is 55.4 Å². The lowest BCUT2D eigenvalue weighted by Crippen LogP contribution is -2.50. The van der Waals surface area contributed by atoms with Crippen LogP contribution in [0.4, 0.5) is 0 Å². The fraction of sp³-hybridized carbons (Fsp3) is 0.556. The van der Waals surface area contributed by atoms with Gasteiger partial charge in [-0.2, -0.15) is 0 Å². The lowest BCUT2D eigenvalue weighted by Gasteiger charge is -2.23. The molecule has 0 radical (unpaired) electrons. The standard InChI is InChI=1S/C36H54N4O6/c1-5-8-11-12-15-22-28(34(44)38-40-36(46)32-27(19-14-10-7-3)21-17-24-30(32)42)25(4)33(43)37-39-35(45)31-26(18-13-9-6-2)20-16-23-29(31)41/h16-17,20-21,23-25,28,41-42H,5-15,18-19,22H2,1-4H3,(H,37,43)(H,38,44)(H,39,45)(H,40,46). The SMILES string of the molecule is CCCCCCCC(C(=O)NNC(=O)c1c(O)cccc1CCCCC)C(C)C(=O)NNC(=O)c1c(O)cccc1CCCCC. The van der Waals surface area contributed by atoms with Crippen LogP contribution in [0, 0.1) is 11.8 Å². The molecule has 0 spiro atoms. The molecule has 0 saturated heterocycles. The third kappa shape index (κ3) is 12.0. The molecule has 0 aliphatic heterocycles. The molecule has 0 bridgehead atoms. The second kappa shape index (κ2) is 20.9. The monoisotopic (exact) mass is 638 g/mol. The van der Waals surface area contributed by atoms with Crippen molar-refractivity contribution in [1.29, 1.82) is 0 Å². The number of rotatable bonds is 19. The van der Waals surface area contributed by atoms with E-state index in [2.05, 4.69) is 42.5 Å². The van der Waals surface area contributed by atoms with E-state index in [1.54, 1.807) is 31.2 Å². The van der Waals surface area contributed by atoms with Gasteiger partial charge < -0.3 is 10.2 Å². The number of phenols is 2. The van der Waals surface area contributed by atoms with Crippen molar-refractivity contribution in [3.63, 3.8) is 0 Å². The van der Waals surface area contributed by atoms with Crippen molar-refractivity contribution in [2.45, 2.75) is 118 Å². The van der Waals surface area contributed by atoms with Crippen molar-refractivity contribution < 1.29 is 29.4 Å². The number of aromatic hydroxyl groups is 2. The Kier molecular flexibility index (Phi) is 17.3. The molecule has 2 rings (SSSR count). The van der Waals surface area contributed by atoms with Gasteiger partial charge >= 0.3 is 0 Å². The zero-order valence-electron chi connectivity index (χ0n) is 28.0. The summed E-state index contributed by atoms with van der Waals surface area (Å²) in [5.74, 6) is -4.40. The maximum Gasteiger partial charge on any atom is 0.273 e. The predicted molar refractivity (Wildman–Crippen MR) is 180 cm³/mol. The van der Waals surface area contributed by atoms with Gasteiger partial charge in [-0.1, -0.05) is 110 Å². The highest BCUT2D eigenvalue weighted by Gasteiger charge is 2.31. The molecule has 0 saturated carbocycles. The van der Waals surface area contributed by atoms with Crippen LogP contribution in [-0.4, -0.2) is 33.8 Å². The highest BCUT2D eigenvalue weighted by Crippen LogP contribution is 2.25. The van der Waals surface area contributed by atoms with Gasteiger partial charge in [0.25, 0.3) is 11.8 Å². The molecule has 2 unspecified atom stereocenters. The van der Waals surface area contributed by atoms with Crippen LogP contribution in [-0.2, 0) is 22.4 Å². The van der Waals surface area contributed by atoms with Crippen molar-refractivity contribution in [2.75, 3.05) is 0 Å². The molecule has 10 nitrogen and oxygen atoms in total. The third-order valence-corrected chi connectivity index (χ3v) is 8.38. The molecule has 46 heavy (non-hydrogen) atoms. The molecule has 2 aromatic carbocycles. The minimum absolute atomic E-state index is 0.109. The van der Waals surface area contributed by atoms with E-state index in [-0.39, 0.29) is 22.6 Å². The smallest absolute Gasteiger partial charge is 0.273 e. The first-order valence-corrected chi connectivity index (χ1v) is 17.0. The molecule has 6 N–H and O–H groups in total. The van der Waals surface area contributed by atoms with Crippen molar-refractivity contribution >= 4 is 23.6 Å². The summed E-state index contributed by atoms with van der Waals surface area (Å²) in [6.45, 7) is 7.88. The Bertz CT molecular complexity index is 1280. The van der Waals surface area contributed by atoms with Crippen molar-refractivity contribution in [3.8, 4) is 11.5 Å². The van der Waals surface area contributed by atoms with Crippen LogP contribution >= 0.6 is 0 Å². The highest BCUT2D eigenvalue weighted by molar-refractivity contribution is 6.00. The lowest BCUT2D eigenvalue weighted by molar-refractivity contribution is -0.135. The quantitative estimate of drug-likeness (QED) is 0.0773. The normalized spacial score (nSPS) is 12.2. The molecule has 0 heterocycles. The van der Waals surface area contributed by atoms with Gasteiger partial charge in [0.05, 0.1) is 17.0 Å². The maximum atomic E-state index is 13.4. The van der Waals surface area contributed by atoms with Gasteiger partial charge in [0.2, 0.25) is 11.8 Å². The number of carbonyl (C=O) groups excluding carboxylic acids is 4. The van der Waals surface area contributed by atoms with Gasteiger partial charge in [-0.3, -0.25) is 40.9 Å². The molecule has 0 aliphatic rings. The number of benzene rings is 2. The molecular weight excluding hydrogens is 584 g/mol. The number of hydrazine groups is 2. The van der Waals surface area contributed by atoms with Crippen LogP contribution in [0.25, 0.3) is 0 Å². The fourth-order valence-corrected chi connectivity index (χ4v) is 5.57. The Morgan fingerprint density at radius 2 is 1.02 bits per heavy atom. The number of nitrogens with one attached hydrogen (secondary N) is 4. The van der Waals surface area contributed by atoms with Gasteiger partial charge in [0, 0.05) is 5.92 Å². The van der Waals surface area contributed by atoms with Crippen LogP contribution in [0.3, 0.4) is 0 Å². The van der Waals surface area contributed by atoms with Crippen LogP contribution in [0.15, 0.2) is 36.4 Å². The number of aryl methyl sites for hydroxylation is 2. The summed E-state index contributed by atoms with van der Waals surface area (Å²) < 4.78 is 0. The summed E-state index contributed by atoms with van der Waals surface area (Å²) in [7, 11) is 0. The highest BCUT2D eigenvalue weighted by atomic mass is 16.3. The minimum atomic E-state index is -0.855. The van der Waals surface area contributed by atoms with E-state index in [9.17, 15) is 29.4 Å². The average Bonchev–Trinajstić information content (AvgIpc) is 3.04. The second-order valence-corrected chi connectivity index (χ2v) is 12.0. The molecule has 4 amide bonds. The van der Waals surface area contributed by atoms with E-state index in [0.717, 1.165) is 64.2 Å². The zero-order valence-corrected chi connectivity index (χ0v) is 28.0. The number of carbonyl (C=O) groups is 4. The van der Waals surface area contributed by atoms with E-state index >= 15 is 0 Å². The Morgan fingerprint density at radius 1 is 0.587 bits per heavy atom. The van der Waals surface area contributed by atoms with Gasteiger partial charge in [0.1, 0.15) is 11.5 Å². The molecule has 0 aromatic heterocycles. The molecular formula is C36H54N4O6. The van der Waals surface area contributed by atoms with Crippen molar-refractivity contribution in [2.24, 2.45) is 11.8 Å². The summed E-state index contributed by atoms with van der Waals surface area (Å²) >= 11 is 0. The van der Waals surface area contributed by atoms with Crippen LogP contribution in [0.5, 0.6) is 11.5 Å². The van der Waals surface area contributed by atoms with E-state index in [4.69, 9.17) is 0 Å². The van der Waals surface area contributed by atoms with E-state index in [0.29, 0.717) is 36.8 Å². The lowest BCUT2D eigenvalue weighted by atomic mass is 9.87. The zero-order chi connectivity index (χ0) is 33.9. The number of hydrogen-bond donors (Lipinski definition) is 6. The Morgan fingerprint density at radius 3 is 1.50 bits per heavy atom. The van der Waals surface area contributed by atoms with Gasteiger partial charge in [-0.25, -0.2) is 0 Å². The van der Waals surface area contributed by atoms with E-state index < -0.39 is 35.5 Å². The molecule has 2 atom stereocenters. The summed E-state index contributed by atoms with van der Waals surface area (Å²) in [5, 5.41) is 20.8. The third-order valence-electron chi connectivity index (χ3n) is 8.38. The van der Waals surface area contributed by atoms with Gasteiger partial charge in [-0.15, -0.1) is 0 Å². The van der Waals surface area contributed by atoms with Crippen molar-refractivity contribution in [1.82, 2.24) is 21.7 Å². The number of amides is 4. The molecule has 0 aliphatic carbocycles. The Labute approximate surface area is 274 Å². The predicted octanol–water partition coefficient (Wildman–Crippen LogP) is 6.40. The summed E-state index contributed by atoms with van der Waals surface area (Å²) in [5.41, 5.74) is 11.3. The van der Waals surface area contributed by atoms with Crippen LogP contribution in [0.1, 0.15) is 137 Å². The Hall–Kier alpha value is -4.08. The number of unbranched alkanes of at least 4 members (excludes halogenated alkanes) is 8. The first-order chi connectivity index (χ1) is 22.2. The van der Waals surface area contributed by atoms with Crippen LogP contribution < -0.4 is 21.7 Å². The molecule has 254 valence electrons. The molecule has 10 heteroatoms. The number of hydrogen-bond acceptors (Lipinski definition) is 6. The van der Waals surface area contributed by atoms with Gasteiger partial charge in [0.15, 0.2) is 0 Å². The first kappa shape index (κ1) is 38.1. The molecule has 2 aromatic rings. The minimum Gasteiger partial charge on any atom is -0.507 e. The first-order valence-electron chi connectivity index (χ1n) is 17.0. The van der Waals surface area contributed by atoms with Crippen molar-refractivity contribution in [3.05, 3.63) is 58.7 Å². The Balaban J connectivity index is 2.11. The maximum absolute atomic E-state index is 13.4. The van der Waals surface area contributed by atoms with E-state index in [1.807, 2.05) is 0 Å². The summed E-state index contributed by atoms with van der Waals surface area (Å²) in [4.78, 5) is 52.8. The fourth-order valence-electron chi connectivity index (χ4n) is 5.57. The average molecular weight is 639 g/mol. The summed E-state index contributed by atoms with van der Waals surface area (Å²) in [6, 6.07) is 9.80. The summed E-state index contributed by atoms with van der Waals surface area (Å²) in [6.07, 6.45) is 12.1. The second-order valence-electron chi connectivity index (χ2n) is 12.0.